The topological polar surface area (TPSA) is 78.8 Å². The van der Waals surface area contributed by atoms with E-state index in [0.29, 0.717) is 24.6 Å². The molecule has 108 valence electrons. The molecule has 2 heterocycles. The summed E-state index contributed by atoms with van der Waals surface area (Å²) < 4.78 is 3.57. The van der Waals surface area contributed by atoms with Crippen LogP contribution in [0, 0.1) is 16.0 Å². The van der Waals surface area contributed by atoms with E-state index in [0.717, 1.165) is 12.2 Å². The van der Waals surface area contributed by atoms with E-state index in [-0.39, 0.29) is 10.6 Å². The summed E-state index contributed by atoms with van der Waals surface area (Å²) in [6.45, 7) is 4.65. The van der Waals surface area contributed by atoms with Gasteiger partial charge in [-0.1, -0.05) is 13.8 Å². The van der Waals surface area contributed by atoms with Crippen LogP contribution >= 0.6 is 0 Å². The van der Waals surface area contributed by atoms with E-state index in [1.54, 1.807) is 10.9 Å². The molecule has 0 atom stereocenters. The van der Waals surface area contributed by atoms with Gasteiger partial charge < -0.3 is 4.57 Å². The monoisotopic (exact) mass is 277 g/mol. The van der Waals surface area contributed by atoms with Crippen molar-refractivity contribution in [3.63, 3.8) is 0 Å². The summed E-state index contributed by atoms with van der Waals surface area (Å²) in [5.41, 5.74) is 0.770. The van der Waals surface area contributed by atoms with Crippen molar-refractivity contribution in [2.45, 2.75) is 33.2 Å². The van der Waals surface area contributed by atoms with Crippen LogP contribution in [0.15, 0.2) is 18.6 Å². The maximum atomic E-state index is 11.1. The van der Waals surface area contributed by atoms with Gasteiger partial charge in [0.15, 0.2) is 0 Å². The molecular formula is C13H19N5O2. The van der Waals surface area contributed by atoms with Gasteiger partial charge in [-0.05, 0) is 18.8 Å². The van der Waals surface area contributed by atoms with Crippen LogP contribution in [-0.2, 0) is 20.0 Å². The molecule has 7 heteroatoms. The standard InChI is InChI=1S/C13H19N5O2/c1-10(2)4-5-11-12(18(19)20)8-15-17(11)9-13-14-6-7-16(13)3/h6-8,10H,4-5,9H2,1-3H3. The first kappa shape index (κ1) is 14.2. The lowest BCUT2D eigenvalue weighted by atomic mass is 10.1. The molecule has 20 heavy (non-hydrogen) atoms. The summed E-state index contributed by atoms with van der Waals surface area (Å²) in [6, 6.07) is 0. The van der Waals surface area contributed by atoms with Crippen molar-refractivity contribution in [1.29, 1.82) is 0 Å². The Hall–Kier alpha value is -2.18. The van der Waals surface area contributed by atoms with Crippen LogP contribution < -0.4 is 0 Å². The van der Waals surface area contributed by atoms with E-state index in [4.69, 9.17) is 0 Å². The number of hydrogen-bond donors (Lipinski definition) is 0. The third-order valence-corrected chi connectivity index (χ3v) is 3.29. The SMILES string of the molecule is CC(C)CCc1c([N+](=O)[O-])cnn1Cc1nccn1C. The molecular weight excluding hydrogens is 258 g/mol. The highest BCUT2D eigenvalue weighted by atomic mass is 16.6. The van der Waals surface area contributed by atoms with Crippen molar-refractivity contribution in [1.82, 2.24) is 19.3 Å². The molecule has 0 unspecified atom stereocenters. The van der Waals surface area contributed by atoms with Gasteiger partial charge in [0.25, 0.3) is 0 Å². The highest BCUT2D eigenvalue weighted by molar-refractivity contribution is 5.33. The average Bonchev–Trinajstić information content (AvgIpc) is 2.95. The summed E-state index contributed by atoms with van der Waals surface area (Å²) >= 11 is 0. The zero-order valence-corrected chi connectivity index (χ0v) is 12.0. The largest absolute Gasteiger partial charge is 0.336 e. The Morgan fingerprint density at radius 1 is 1.45 bits per heavy atom. The fourth-order valence-electron chi connectivity index (χ4n) is 2.05. The molecule has 0 saturated heterocycles. The molecule has 0 aromatic carbocycles. The third kappa shape index (κ3) is 3.04. The number of nitro groups is 1. The third-order valence-electron chi connectivity index (χ3n) is 3.29. The van der Waals surface area contributed by atoms with Crippen LogP contribution in [0.1, 0.15) is 31.8 Å². The molecule has 0 fully saturated rings. The van der Waals surface area contributed by atoms with Gasteiger partial charge in [0.05, 0.1) is 11.5 Å². The summed E-state index contributed by atoms with van der Waals surface area (Å²) in [4.78, 5) is 15.0. The molecule has 2 aromatic heterocycles. The van der Waals surface area contributed by atoms with Crippen LogP contribution in [0.4, 0.5) is 5.69 Å². The summed E-state index contributed by atoms with van der Waals surface area (Å²) in [7, 11) is 1.90. The van der Waals surface area contributed by atoms with E-state index < -0.39 is 0 Å². The second kappa shape index (κ2) is 5.85. The quantitative estimate of drug-likeness (QED) is 0.598. The normalized spacial score (nSPS) is 11.2. The lowest BCUT2D eigenvalue weighted by Crippen LogP contribution is -2.11. The zero-order valence-electron chi connectivity index (χ0n) is 12.0. The van der Waals surface area contributed by atoms with Crippen LogP contribution in [0.25, 0.3) is 0 Å². The van der Waals surface area contributed by atoms with Crippen LogP contribution in [-0.4, -0.2) is 24.3 Å². The van der Waals surface area contributed by atoms with Crippen LogP contribution in [0.2, 0.25) is 0 Å². The number of imidazole rings is 1. The molecule has 0 aliphatic carbocycles. The zero-order chi connectivity index (χ0) is 14.7. The predicted molar refractivity (Wildman–Crippen MR) is 74.4 cm³/mol. The molecule has 0 N–H and O–H groups in total. The molecule has 2 rings (SSSR count). The highest BCUT2D eigenvalue weighted by Crippen LogP contribution is 2.21. The molecule has 0 amide bonds. The molecule has 2 aromatic rings. The Bertz CT molecular complexity index is 600. The van der Waals surface area contributed by atoms with Gasteiger partial charge in [-0.2, -0.15) is 5.10 Å². The van der Waals surface area contributed by atoms with Crippen LogP contribution in [0.3, 0.4) is 0 Å². The minimum Gasteiger partial charge on any atom is -0.336 e. The van der Waals surface area contributed by atoms with Gasteiger partial charge in [-0.25, -0.2) is 4.98 Å². The number of rotatable bonds is 6. The van der Waals surface area contributed by atoms with Crippen molar-refractivity contribution in [2.75, 3.05) is 0 Å². The van der Waals surface area contributed by atoms with E-state index >= 15 is 0 Å². The van der Waals surface area contributed by atoms with Crippen molar-refractivity contribution in [3.8, 4) is 0 Å². The Labute approximate surface area is 117 Å². The van der Waals surface area contributed by atoms with Crippen LogP contribution in [0.5, 0.6) is 0 Å². The Balaban J connectivity index is 2.27. The van der Waals surface area contributed by atoms with E-state index in [1.807, 2.05) is 17.8 Å². The van der Waals surface area contributed by atoms with Gasteiger partial charge in [0.2, 0.25) is 0 Å². The van der Waals surface area contributed by atoms with E-state index in [1.165, 1.54) is 6.20 Å². The fraction of sp³-hybridized carbons (Fsp3) is 0.538. The maximum Gasteiger partial charge on any atom is 0.310 e. The highest BCUT2D eigenvalue weighted by Gasteiger charge is 2.21. The van der Waals surface area contributed by atoms with Gasteiger partial charge in [0.1, 0.15) is 17.7 Å². The first-order valence-corrected chi connectivity index (χ1v) is 6.64. The van der Waals surface area contributed by atoms with E-state index in [2.05, 4.69) is 23.9 Å². The molecule has 0 radical (unpaired) electrons. The minimum atomic E-state index is -0.364. The number of aryl methyl sites for hydroxylation is 1. The second-order valence-corrected chi connectivity index (χ2v) is 5.28. The summed E-state index contributed by atoms with van der Waals surface area (Å²) in [6.07, 6.45) is 6.44. The molecule has 0 bridgehead atoms. The molecule has 0 aliphatic heterocycles. The Kier molecular flexibility index (Phi) is 4.16. The fourth-order valence-corrected chi connectivity index (χ4v) is 2.05. The first-order valence-electron chi connectivity index (χ1n) is 6.64. The molecule has 0 saturated carbocycles. The van der Waals surface area contributed by atoms with Gasteiger partial charge in [-0.3, -0.25) is 14.8 Å². The van der Waals surface area contributed by atoms with Gasteiger partial charge in [0, 0.05) is 19.4 Å². The average molecular weight is 277 g/mol. The van der Waals surface area contributed by atoms with Crippen molar-refractivity contribution < 1.29 is 4.92 Å². The minimum absolute atomic E-state index is 0.0971. The predicted octanol–water partition coefficient (Wildman–Crippen LogP) is 2.16. The molecule has 7 nitrogen and oxygen atoms in total. The first-order chi connectivity index (χ1) is 9.49. The Morgan fingerprint density at radius 2 is 2.20 bits per heavy atom. The number of nitrogens with zero attached hydrogens (tertiary/aromatic N) is 5. The Morgan fingerprint density at radius 3 is 2.75 bits per heavy atom. The van der Waals surface area contributed by atoms with Crippen molar-refractivity contribution in [2.24, 2.45) is 13.0 Å². The van der Waals surface area contributed by atoms with Crippen molar-refractivity contribution >= 4 is 5.69 Å². The summed E-state index contributed by atoms with van der Waals surface area (Å²) in [5.74, 6) is 1.32. The van der Waals surface area contributed by atoms with Crippen molar-refractivity contribution in [3.05, 3.63) is 40.2 Å². The lowest BCUT2D eigenvalue weighted by molar-refractivity contribution is -0.385. The van der Waals surface area contributed by atoms with Gasteiger partial charge >= 0.3 is 5.69 Å². The maximum absolute atomic E-state index is 11.1. The second-order valence-electron chi connectivity index (χ2n) is 5.28. The molecule has 0 spiro atoms. The lowest BCUT2D eigenvalue weighted by Gasteiger charge is -2.08. The van der Waals surface area contributed by atoms with E-state index in [9.17, 15) is 10.1 Å². The number of aromatic nitrogens is 4. The number of hydrogen-bond acceptors (Lipinski definition) is 4. The smallest absolute Gasteiger partial charge is 0.310 e. The summed E-state index contributed by atoms with van der Waals surface area (Å²) in [5, 5.41) is 15.2. The molecule has 0 aliphatic rings. The van der Waals surface area contributed by atoms with Gasteiger partial charge in [-0.15, -0.1) is 0 Å².